The van der Waals surface area contributed by atoms with Crippen LogP contribution in [0.3, 0.4) is 0 Å². The molecule has 2 aliphatic rings. The van der Waals surface area contributed by atoms with Crippen molar-refractivity contribution in [1.29, 1.82) is 0 Å². The molecule has 1 N–H and O–H groups in total. The number of benzene rings is 2. The Hall–Kier alpha value is -3.42. The maximum Gasteiger partial charge on any atom is 0.425 e. The van der Waals surface area contributed by atoms with E-state index < -0.39 is 40.3 Å². The molecule has 1 aliphatic heterocycles. The highest BCUT2D eigenvalue weighted by Gasteiger charge is 2.72. The van der Waals surface area contributed by atoms with Crippen LogP contribution in [0.1, 0.15) is 48.2 Å². The molecular weight excluding hydrogens is 445 g/mol. The molecule has 1 aliphatic carbocycles. The van der Waals surface area contributed by atoms with Crippen molar-refractivity contribution in [2.45, 2.75) is 52.3 Å². The number of hydrogen-bond donors (Lipinski definition) is 1. The number of rotatable bonds is 3. The van der Waals surface area contributed by atoms with Crippen LogP contribution in [0.15, 0.2) is 59.8 Å². The Labute approximate surface area is 195 Å². The zero-order valence-corrected chi connectivity index (χ0v) is 19.3. The quantitative estimate of drug-likeness (QED) is 0.685. The molecule has 8 heteroatoms. The minimum absolute atomic E-state index is 0.0170. The highest BCUT2D eigenvalue weighted by atomic mass is 19.4. The molecule has 0 spiro atoms. The zero-order chi connectivity index (χ0) is 25.1. The van der Waals surface area contributed by atoms with E-state index in [1.165, 1.54) is 24.3 Å². The molecule has 4 rings (SSSR count). The number of amides is 2. The fourth-order valence-corrected chi connectivity index (χ4v) is 4.67. The van der Waals surface area contributed by atoms with Gasteiger partial charge in [-0.3, -0.25) is 19.3 Å². The number of aryl methyl sites for hydroxylation is 2. The Morgan fingerprint density at radius 1 is 0.912 bits per heavy atom. The van der Waals surface area contributed by atoms with Gasteiger partial charge >= 0.3 is 6.18 Å². The van der Waals surface area contributed by atoms with E-state index in [1.807, 2.05) is 12.2 Å². The normalized spacial score (nSPS) is 22.1. The van der Waals surface area contributed by atoms with Crippen molar-refractivity contribution in [3.63, 3.8) is 0 Å². The Kier molecular flexibility index (Phi) is 5.46. The Balaban J connectivity index is 1.93. The summed E-state index contributed by atoms with van der Waals surface area (Å²) in [5.41, 5.74) is -2.98. The van der Waals surface area contributed by atoms with Crippen molar-refractivity contribution in [3.8, 4) is 0 Å². The Bertz CT molecular complexity index is 1210. The van der Waals surface area contributed by atoms with Gasteiger partial charge in [0.2, 0.25) is 5.54 Å². The standard InChI is InChI=1S/C26H25F3N2O3/c1-15-5-9-17(10-6-15)22(33)30-25(26(27,28)29)21-19(13-24(3,4)14-20(21)32)31(23(25)34)18-11-7-16(2)8-12-18/h5-12H,13-14H2,1-4H3,(H,30,33)/t25-/m0/s1. The van der Waals surface area contributed by atoms with Crippen LogP contribution in [0.2, 0.25) is 0 Å². The second kappa shape index (κ2) is 7.82. The summed E-state index contributed by atoms with van der Waals surface area (Å²) in [5, 5.41) is 1.95. The smallest absolute Gasteiger partial charge is 0.326 e. The molecule has 0 bridgehead atoms. The highest BCUT2D eigenvalue weighted by molar-refractivity contribution is 6.21. The van der Waals surface area contributed by atoms with Crippen LogP contribution in [0.25, 0.3) is 0 Å². The van der Waals surface area contributed by atoms with E-state index in [2.05, 4.69) is 0 Å². The first-order valence-electron chi connectivity index (χ1n) is 10.9. The first-order valence-corrected chi connectivity index (χ1v) is 10.9. The largest absolute Gasteiger partial charge is 0.425 e. The molecule has 0 aromatic heterocycles. The number of anilines is 1. The van der Waals surface area contributed by atoms with Gasteiger partial charge in [-0.1, -0.05) is 49.2 Å². The van der Waals surface area contributed by atoms with E-state index in [0.29, 0.717) is 0 Å². The maximum atomic E-state index is 14.8. The zero-order valence-electron chi connectivity index (χ0n) is 19.3. The van der Waals surface area contributed by atoms with Crippen LogP contribution in [0.5, 0.6) is 0 Å². The molecule has 0 saturated heterocycles. The first-order chi connectivity index (χ1) is 15.8. The number of hydrogen-bond acceptors (Lipinski definition) is 3. The lowest BCUT2D eigenvalue weighted by atomic mass is 9.72. The van der Waals surface area contributed by atoms with E-state index in [-0.39, 0.29) is 29.8 Å². The topological polar surface area (TPSA) is 66.5 Å². The van der Waals surface area contributed by atoms with Crippen LogP contribution in [-0.4, -0.2) is 29.3 Å². The van der Waals surface area contributed by atoms with Gasteiger partial charge < -0.3 is 5.32 Å². The molecule has 0 saturated carbocycles. The van der Waals surface area contributed by atoms with Gasteiger partial charge in [-0.15, -0.1) is 0 Å². The molecule has 34 heavy (non-hydrogen) atoms. The van der Waals surface area contributed by atoms with Crippen molar-refractivity contribution in [2.75, 3.05) is 4.90 Å². The second-order valence-electron chi connectivity index (χ2n) is 9.81. The lowest BCUT2D eigenvalue weighted by molar-refractivity contribution is -0.186. The maximum absolute atomic E-state index is 14.8. The number of nitrogens with one attached hydrogen (secondary N) is 1. The third-order valence-corrected chi connectivity index (χ3v) is 6.35. The van der Waals surface area contributed by atoms with Crippen molar-refractivity contribution in [3.05, 3.63) is 76.5 Å². The molecule has 1 atom stereocenters. The Morgan fingerprint density at radius 2 is 1.44 bits per heavy atom. The van der Waals surface area contributed by atoms with Crippen molar-refractivity contribution in [2.24, 2.45) is 5.41 Å². The summed E-state index contributed by atoms with van der Waals surface area (Å²) >= 11 is 0. The molecule has 2 amide bonds. The molecule has 1 heterocycles. The minimum Gasteiger partial charge on any atom is -0.326 e. The summed E-state index contributed by atoms with van der Waals surface area (Å²) in [5.74, 6) is -3.28. The van der Waals surface area contributed by atoms with Gasteiger partial charge in [0, 0.05) is 23.4 Å². The van der Waals surface area contributed by atoms with E-state index in [9.17, 15) is 27.6 Å². The fourth-order valence-electron chi connectivity index (χ4n) is 4.67. The van der Waals surface area contributed by atoms with Gasteiger partial charge in [-0.05, 0) is 49.9 Å². The summed E-state index contributed by atoms with van der Waals surface area (Å²) < 4.78 is 44.5. The highest BCUT2D eigenvalue weighted by Crippen LogP contribution is 2.52. The minimum atomic E-state index is -5.25. The number of alkyl halides is 3. The summed E-state index contributed by atoms with van der Waals surface area (Å²) in [4.78, 5) is 40.9. The van der Waals surface area contributed by atoms with Gasteiger partial charge in [0.05, 0.1) is 5.57 Å². The van der Waals surface area contributed by atoms with Crippen molar-refractivity contribution < 1.29 is 27.6 Å². The van der Waals surface area contributed by atoms with E-state index in [0.717, 1.165) is 16.0 Å². The van der Waals surface area contributed by atoms with E-state index in [1.54, 1.807) is 45.0 Å². The number of Topliss-reactive ketones (excluding diaryl/α,β-unsaturated/α-hetero) is 1. The van der Waals surface area contributed by atoms with Gasteiger partial charge in [0.25, 0.3) is 11.8 Å². The van der Waals surface area contributed by atoms with E-state index in [4.69, 9.17) is 0 Å². The summed E-state index contributed by atoms with van der Waals surface area (Å²) in [6, 6.07) is 12.4. The SMILES string of the molecule is Cc1ccc(C(=O)N[C@]2(C(F)(F)F)C(=O)N(c3ccc(C)cc3)C3=C2C(=O)CC(C)(C)C3)cc1. The third kappa shape index (κ3) is 3.71. The molecule has 0 fully saturated rings. The lowest BCUT2D eigenvalue weighted by Crippen LogP contribution is -2.66. The number of halogens is 3. The lowest BCUT2D eigenvalue weighted by Gasteiger charge is -2.35. The van der Waals surface area contributed by atoms with Crippen molar-refractivity contribution in [1.82, 2.24) is 5.32 Å². The van der Waals surface area contributed by atoms with Gasteiger partial charge in [-0.25, -0.2) is 0 Å². The molecule has 0 unspecified atom stereocenters. The number of carbonyl (C=O) groups is 3. The summed E-state index contributed by atoms with van der Waals surface area (Å²) in [6.45, 7) is 7.13. The number of allylic oxidation sites excluding steroid dienone is 1. The van der Waals surface area contributed by atoms with Crippen LogP contribution in [-0.2, 0) is 9.59 Å². The van der Waals surface area contributed by atoms with Gasteiger partial charge in [0.15, 0.2) is 5.78 Å². The van der Waals surface area contributed by atoms with Crippen molar-refractivity contribution >= 4 is 23.3 Å². The third-order valence-electron chi connectivity index (χ3n) is 6.35. The molecule has 0 radical (unpaired) electrons. The number of ketones is 1. The summed E-state index contributed by atoms with van der Waals surface area (Å²) in [6.07, 6.45) is -5.34. The molecule has 178 valence electrons. The second-order valence-corrected chi connectivity index (χ2v) is 9.81. The van der Waals surface area contributed by atoms with Crippen LogP contribution in [0, 0.1) is 19.3 Å². The van der Waals surface area contributed by atoms with Gasteiger partial charge in [-0.2, -0.15) is 13.2 Å². The predicted octanol–water partition coefficient (Wildman–Crippen LogP) is 5.02. The molecule has 2 aromatic carbocycles. The number of carbonyl (C=O) groups excluding carboxylic acids is 3. The van der Waals surface area contributed by atoms with Gasteiger partial charge in [0.1, 0.15) is 0 Å². The Morgan fingerprint density at radius 3 is 1.97 bits per heavy atom. The monoisotopic (exact) mass is 470 g/mol. The molecular formula is C26H25F3N2O3. The van der Waals surface area contributed by atoms with Crippen LogP contribution < -0.4 is 10.2 Å². The van der Waals surface area contributed by atoms with Crippen LogP contribution in [0.4, 0.5) is 18.9 Å². The fraction of sp³-hybridized carbons (Fsp3) is 0.346. The average molecular weight is 470 g/mol. The summed E-state index contributed by atoms with van der Waals surface area (Å²) in [7, 11) is 0. The molecule has 5 nitrogen and oxygen atoms in total. The predicted molar refractivity (Wildman–Crippen MR) is 121 cm³/mol. The first kappa shape index (κ1) is 23.7. The molecule has 2 aromatic rings. The van der Waals surface area contributed by atoms with E-state index >= 15 is 0 Å². The average Bonchev–Trinajstić information content (AvgIpc) is 2.97. The number of nitrogens with zero attached hydrogens (tertiary/aromatic N) is 1. The van der Waals surface area contributed by atoms with Crippen LogP contribution >= 0.6 is 0 Å².